The summed E-state index contributed by atoms with van der Waals surface area (Å²) in [6, 6.07) is 5.94. The summed E-state index contributed by atoms with van der Waals surface area (Å²) in [7, 11) is -3.83. The van der Waals surface area contributed by atoms with Crippen LogP contribution in [-0.2, 0) is 14.3 Å². The third kappa shape index (κ3) is 3.29. The lowest BCUT2D eigenvalue weighted by Crippen LogP contribution is -2.37. The Hall–Kier alpha value is -1.60. The predicted octanol–water partition coefficient (Wildman–Crippen LogP) is 1.84. The highest BCUT2D eigenvalue weighted by Crippen LogP contribution is 2.20. The van der Waals surface area contributed by atoms with Gasteiger partial charge in [-0.3, -0.25) is 4.18 Å². The molecule has 1 fully saturated rings. The molecule has 1 aliphatic heterocycles. The van der Waals surface area contributed by atoms with Crippen molar-refractivity contribution in [3.63, 3.8) is 0 Å². The number of nitrogens with zero attached hydrogens (tertiary/aromatic N) is 1. The number of carbonyl (C=O) groups is 1. The van der Waals surface area contributed by atoms with Gasteiger partial charge in [0.15, 0.2) is 0 Å². The summed E-state index contributed by atoms with van der Waals surface area (Å²) in [6.45, 7) is 2.15. The minimum absolute atomic E-state index is 0.0861. The van der Waals surface area contributed by atoms with E-state index in [0.717, 1.165) is 12.0 Å². The summed E-state index contributed by atoms with van der Waals surface area (Å²) in [6.07, 6.45) is 0.310. The van der Waals surface area contributed by atoms with Crippen molar-refractivity contribution in [1.29, 1.82) is 0 Å². The van der Waals surface area contributed by atoms with Gasteiger partial charge in [0.25, 0.3) is 10.1 Å². The highest BCUT2D eigenvalue weighted by Gasteiger charge is 2.30. The Morgan fingerprint density at radius 3 is 2.65 bits per heavy atom. The van der Waals surface area contributed by atoms with E-state index in [0.29, 0.717) is 13.0 Å². The fraction of sp³-hybridized carbons (Fsp3) is 0.462. The molecule has 0 aliphatic carbocycles. The minimum Gasteiger partial charge on any atom is -0.465 e. The SMILES string of the molecule is Cc1ccc(S(=O)(=O)OCC2CCCN2C(=O)O)cc1. The zero-order chi connectivity index (χ0) is 14.8. The molecule has 2 rings (SSSR count). The van der Waals surface area contributed by atoms with Gasteiger partial charge in [-0.05, 0) is 31.9 Å². The summed E-state index contributed by atoms with van der Waals surface area (Å²) in [5, 5.41) is 8.98. The van der Waals surface area contributed by atoms with E-state index in [9.17, 15) is 13.2 Å². The first-order valence-corrected chi connectivity index (χ1v) is 7.76. The Balaban J connectivity index is 2.02. The number of carboxylic acid groups (broad SMARTS) is 1. The maximum absolute atomic E-state index is 12.0. The molecule has 1 amide bonds. The first-order chi connectivity index (χ1) is 9.40. The monoisotopic (exact) mass is 299 g/mol. The summed E-state index contributed by atoms with van der Waals surface area (Å²) >= 11 is 0. The summed E-state index contributed by atoms with van der Waals surface area (Å²) in [4.78, 5) is 12.3. The molecule has 0 saturated carbocycles. The Morgan fingerprint density at radius 1 is 1.40 bits per heavy atom. The van der Waals surface area contributed by atoms with E-state index >= 15 is 0 Å². The molecule has 1 aliphatic rings. The molecule has 0 spiro atoms. The molecule has 1 saturated heterocycles. The quantitative estimate of drug-likeness (QED) is 0.858. The molecule has 0 bridgehead atoms. The van der Waals surface area contributed by atoms with Crippen molar-refractivity contribution in [1.82, 2.24) is 4.90 Å². The topological polar surface area (TPSA) is 83.9 Å². The van der Waals surface area contributed by atoms with Crippen molar-refractivity contribution >= 4 is 16.2 Å². The normalized spacial score (nSPS) is 19.2. The largest absolute Gasteiger partial charge is 0.465 e. The number of benzene rings is 1. The summed E-state index contributed by atoms with van der Waals surface area (Å²) < 4.78 is 29.0. The van der Waals surface area contributed by atoms with Crippen molar-refractivity contribution in [2.75, 3.05) is 13.2 Å². The highest BCUT2D eigenvalue weighted by atomic mass is 32.2. The van der Waals surface area contributed by atoms with Crippen LogP contribution in [-0.4, -0.2) is 43.7 Å². The first kappa shape index (κ1) is 14.8. The molecule has 1 N–H and O–H groups in total. The van der Waals surface area contributed by atoms with E-state index in [1.54, 1.807) is 12.1 Å². The van der Waals surface area contributed by atoms with Crippen molar-refractivity contribution in [2.45, 2.75) is 30.7 Å². The van der Waals surface area contributed by atoms with Crippen LogP contribution in [0.4, 0.5) is 4.79 Å². The van der Waals surface area contributed by atoms with Crippen LogP contribution in [0.15, 0.2) is 29.2 Å². The molecule has 0 aromatic heterocycles. The van der Waals surface area contributed by atoms with Gasteiger partial charge in [-0.25, -0.2) is 4.79 Å². The molecule has 1 heterocycles. The number of hydrogen-bond donors (Lipinski definition) is 1. The third-order valence-electron chi connectivity index (χ3n) is 3.35. The standard InChI is InChI=1S/C13H17NO5S/c1-10-4-6-12(7-5-10)20(17,18)19-9-11-3-2-8-14(11)13(15)16/h4-7,11H,2-3,8-9H2,1H3,(H,15,16). The second-order valence-electron chi connectivity index (χ2n) is 4.82. The van der Waals surface area contributed by atoms with E-state index in [1.165, 1.54) is 17.0 Å². The van der Waals surface area contributed by atoms with E-state index in [4.69, 9.17) is 9.29 Å². The second kappa shape index (κ2) is 5.80. The zero-order valence-electron chi connectivity index (χ0n) is 11.2. The van der Waals surface area contributed by atoms with Crippen molar-refractivity contribution < 1.29 is 22.5 Å². The van der Waals surface area contributed by atoms with E-state index in [1.807, 2.05) is 6.92 Å². The smallest absolute Gasteiger partial charge is 0.407 e. The van der Waals surface area contributed by atoms with Crippen molar-refractivity contribution in [3.05, 3.63) is 29.8 Å². The van der Waals surface area contributed by atoms with Crippen LogP contribution in [0.1, 0.15) is 18.4 Å². The number of rotatable bonds is 4. The Labute approximate surface area is 118 Å². The predicted molar refractivity (Wildman–Crippen MR) is 72.1 cm³/mol. The van der Waals surface area contributed by atoms with Gasteiger partial charge in [-0.15, -0.1) is 0 Å². The van der Waals surface area contributed by atoms with Crippen LogP contribution in [0.3, 0.4) is 0 Å². The van der Waals surface area contributed by atoms with Crippen LogP contribution < -0.4 is 0 Å². The fourth-order valence-corrected chi connectivity index (χ4v) is 3.14. The van der Waals surface area contributed by atoms with Gasteiger partial charge >= 0.3 is 6.09 Å². The van der Waals surface area contributed by atoms with E-state index in [-0.39, 0.29) is 11.5 Å². The van der Waals surface area contributed by atoms with Gasteiger partial charge in [0, 0.05) is 6.54 Å². The Morgan fingerprint density at radius 2 is 2.05 bits per heavy atom. The first-order valence-electron chi connectivity index (χ1n) is 6.36. The maximum Gasteiger partial charge on any atom is 0.407 e. The Kier molecular flexibility index (Phi) is 4.29. The molecule has 6 nitrogen and oxygen atoms in total. The van der Waals surface area contributed by atoms with Crippen LogP contribution in [0.2, 0.25) is 0 Å². The average molecular weight is 299 g/mol. The number of amides is 1. The van der Waals surface area contributed by atoms with Crippen LogP contribution >= 0.6 is 0 Å². The van der Waals surface area contributed by atoms with Crippen molar-refractivity contribution in [2.24, 2.45) is 0 Å². The lowest BCUT2D eigenvalue weighted by molar-refractivity contribution is 0.124. The Bertz CT molecular complexity index is 581. The van der Waals surface area contributed by atoms with Crippen molar-refractivity contribution in [3.8, 4) is 0 Å². The van der Waals surface area contributed by atoms with Gasteiger partial charge in [0.2, 0.25) is 0 Å². The summed E-state index contributed by atoms with van der Waals surface area (Å²) in [5.41, 5.74) is 0.955. The fourth-order valence-electron chi connectivity index (χ4n) is 2.20. The summed E-state index contributed by atoms with van der Waals surface area (Å²) in [5.74, 6) is 0. The van der Waals surface area contributed by atoms with Crippen LogP contribution in [0, 0.1) is 6.92 Å². The molecule has 1 unspecified atom stereocenters. The van der Waals surface area contributed by atoms with Gasteiger partial charge in [0.05, 0.1) is 17.5 Å². The molecular weight excluding hydrogens is 282 g/mol. The van der Waals surface area contributed by atoms with Gasteiger partial charge in [-0.1, -0.05) is 17.7 Å². The third-order valence-corrected chi connectivity index (χ3v) is 4.64. The van der Waals surface area contributed by atoms with Gasteiger partial charge < -0.3 is 10.0 Å². The lowest BCUT2D eigenvalue weighted by atomic mass is 10.2. The van der Waals surface area contributed by atoms with Crippen LogP contribution in [0.5, 0.6) is 0 Å². The second-order valence-corrected chi connectivity index (χ2v) is 6.44. The minimum atomic E-state index is -3.83. The molecule has 1 aromatic rings. The van der Waals surface area contributed by atoms with E-state index < -0.39 is 22.3 Å². The number of likely N-dealkylation sites (tertiary alicyclic amines) is 1. The highest BCUT2D eigenvalue weighted by molar-refractivity contribution is 7.86. The van der Waals surface area contributed by atoms with Crippen LogP contribution in [0.25, 0.3) is 0 Å². The lowest BCUT2D eigenvalue weighted by Gasteiger charge is -2.20. The molecule has 20 heavy (non-hydrogen) atoms. The average Bonchev–Trinajstić information content (AvgIpc) is 2.85. The van der Waals surface area contributed by atoms with Gasteiger partial charge in [0.1, 0.15) is 0 Å². The molecule has 1 atom stereocenters. The maximum atomic E-state index is 12.0. The number of hydrogen-bond acceptors (Lipinski definition) is 4. The van der Waals surface area contributed by atoms with E-state index in [2.05, 4.69) is 0 Å². The van der Waals surface area contributed by atoms with Gasteiger partial charge in [-0.2, -0.15) is 8.42 Å². The molecular formula is C13H17NO5S. The number of aryl methyl sites for hydroxylation is 1. The molecule has 7 heteroatoms. The molecule has 0 radical (unpaired) electrons. The molecule has 1 aromatic carbocycles. The molecule has 110 valence electrons. The zero-order valence-corrected chi connectivity index (χ0v) is 12.0.